The molecule has 114 valence electrons. The van der Waals surface area contributed by atoms with E-state index < -0.39 is 5.56 Å². The molecule has 3 N–H and O–H groups in total. The van der Waals surface area contributed by atoms with E-state index >= 15 is 0 Å². The topological polar surface area (TPSA) is 81.8 Å². The van der Waals surface area contributed by atoms with E-state index in [1.165, 1.54) is 0 Å². The minimum absolute atomic E-state index is 0.107. The number of aromatic hydroxyl groups is 1. The smallest absolute Gasteiger partial charge is 0.263 e. The highest BCUT2D eigenvalue weighted by Crippen LogP contribution is 2.36. The fourth-order valence-electron chi connectivity index (χ4n) is 2.60. The van der Waals surface area contributed by atoms with Crippen molar-refractivity contribution in [1.29, 1.82) is 0 Å². The van der Waals surface area contributed by atoms with E-state index in [0.717, 1.165) is 15.5 Å². The number of fused-ring (bicyclic) bond motifs is 2. The van der Waals surface area contributed by atoms with E-state index in [-0.39, 0.29) is 11.3 Å². The minimum Gasteiger partial charge on any atom is -0.506 e. The Hall–Kier alpha value is -2.12. The molecule has 7 heteroatoms. The number of nitrogens with one attached hydrogen (secondary N) is 2. The monoisotopic (exact) mass is 433 g/mol. The number of pyridine rings is 1. The molecule has 23 heavy (non-hydrogen) atoms. The lowest BCUT2D eigenvalue weighted by atomic mass is 10.1. The molecule has 2 heterocycles. The van der Waals surface area contributed by atoms with Crippen LogP contribution in [0.5, 0.6) is 5.75 Å². The van der Waals surface area contributed by atoms with Crippen LogP contribution in [-0.2, 0) is 0 Å². The average Bonchev–Trinajstić information content (AvgIpc) is 2.92. The number of hydrogen-bond donors (Lipinski definition) is 3. The van der Waals surface area contributed by atoms with Crippen LogP contribution < -0.4 is 5.56 Å². The van der Waals surface area contributed by atoms with Crippen LogP contribution in [-0.4, -0.2) is 20.1 Å². The Bertz CT molecular complexity index is 1100. The van der Waals surface area contributed by atoms with Crippen LogP contribution in [0, 0.1) is 0 Å². The van der Waals surface area contributed by atoms with Crippen molar-refractivity contribution >= 4 is 53.8 Å². The molecule has 0 aliphatic heterocycles. The molecule has 0 saturated carbocycles. The zero-order valence-corrected chi connectivity index (χ0v) is 14.7. The van der Waals surface area contributed by atoms with Crippen molar-refractivity contribution in [2.45, 2.75) is 0 Å². The molecular formula is C16H9Br2N3O2. The first-order chi connectivity index (χ1) is 11.0. The Morgan fingerprint density at radius 2 is 1.87 bits per heavy atom. The zero-order chi connectivity index (χ0) is 16.1. The molecule has 0 atom stereocenters. The molecule has 0 unspecified atom stereocenters. The van der Waals surface area contributed by atoms with Gasteiger partial charge in [0.1, 0.15) is 17.1 Å². The second kappa shape index (κ2) is 5.21. The summed E-state index contributed by atoms with van der Waals surface area (Å²) in [4.78, 5) is 22.7. The van der Waals surface area contributed by atoms with E-state index in [2.05, 4.69) is 46.8 Å². The van der Waals surface area contributed by atoms with Crippen LogP contribution >= 0.6 is 31.9 Å². The third-order valence-corrected chi connectivity index (χ3v) is 4.72. The minimum atomic E-state index is -0.405. The first-order valence-corrected chi connectivity index (χ1v) is 8.32. The lowest BCUT2D eigenvalue weighted by Gasteiger charge is -2.07. The van der Waals surface area contributed by atoms with Gasteiger partial charge in [0.15, 0.2) is 0 Å². The van der Waals surface area contributed by atoms with Crippen molar-refractivity contribution in [3.63, 3.8) is 0 Å². The molecule has 4 aromatic rings. The van der Waals surface area contributed by atoms with Crippen LogP contribution in [0.25, 0.3) is 33.3 Å². The van der Waals surface area contributed by atoms with Gasteiger partial charge in [-0.3, -0.25) is 4.79 Å². The van der Waals surface area contributed by atoms with E-state index in [4.69, 9.17) is 0 Å². The summed E-state index contributed by atoms with van der Waals surface area (Å²) in [6.45, 7) is 0. The predicted molar refractivity (Wildman–Crippen MR) is 96.7 cm³/mol. The summed E-state index contributed by atoms with van der Waals surface area (Å²) in [5.74, 6) is 0.229. The Morgan fingerprint density at radius 3 is 2.65 bits per heavy atom. The lowest BCUT2D eigenvalue weighted by molar-refractivity contribution is 0.482. The molecule has 4 rings (SSSR count). The van der Waals surface area contributed by atoms with Gasteiger partial charge in [0.05, 0.1) is 16.6 Å². The van der Waals surface area contributed by atoms with Gasteiger partial charge in [-0.25, -0.2) is 4.98 Å². The normalized spacial score (nSPS) is 11.4. The Balaban J connectivity index is 2.09. The Kier molecular flexibility index (Phi) is 3.28. The second-order valence-electron chi connectivity index (χ2n) is 5.09. The van der Waals surface area contributed by atoms with E-state index in [0.29, 0.717) is 21.2 Å². The van der Waals surface area contributed by atoms with Gasteiger partial charge in [-0.05, 0) is 40.2 Å². The highest BCUT2D eigenvalue weighted by Gasteiger charge is 2.18. The van der Waals surface area contributed by atoms with Crippen molar-refractivity contribution in [1.82, 2.24) is 15.0 Å². The number of halogens is 2. The standard InChI is InChI=1S/C16H9Br2N3O2/c17-7-5-8-13(9(18)6-7)21-16(23)12(14(8)22)15-19-10-3-1-2-4-11(10)20-15/h1-6H,(H,19,20)(H2,21,22,23). The molecule has 0 spiro atoms. The number of benzene rings is 2. The van der Waals surface area contributed by atoms with Gasteiger partial charge in [0.2, 0.25) is 0 Å². The van der Waals surface area contributed by atoms with Crippen molar-refractivity contribution in [2.75, 3.05) is 0 Å². The summed E-state index contributed by atoms with van der Waals surface area (Å²) in [5, 5.41) is 11.2. The molecule has 0 saturated heterocycles. The van der Waals surface area contributed by atoms with Crippen LogP contribution in [0.2, 0.25) is 0 Å². The number of rotatable bonds is 1. The first-order valence-electron chi connectivity index (χ1n) is 6.73. The number of nitrogens with zero attached hydrogens (tertiary/aromatic N) is 1. The average molecular weight is 435 g/mol. The number of aromatic nitrogens is 3. The van der Waals surface area contributed by atoms with Gasteiger partial charge in [-0.2, -0.15) is 0 Å². The zero-order valence-electron chi connectivity index (χ0n) is 11.5. The number of hydrogen-bond acceptors (Lipinski definition) is 3. The first kappa shape index (κ1) is 14.5. The van der Waals surface area contributed by atoms with E-state index in [1.807, 2.05) is 24.3 Å². The van der Waals surface area contributed by atoms with Gasteiger partial charge in [-0.1, -0.05) is 28.1 Å². The molecule has 0 fully saturated rings. The Morgan fingerprint density at radius 1 is 1.09 bits per heavy atom. The summed E-state index contributed by atoms with van der Waals surface area (Å²) in [7, 11) is 0. The molecule has 0 amide bonds. The maximum absolute atomic E-state index is 12.5. The van der Waals surface area contributed by atoms with Gasteiger partial charge in [0.25, 0.3) is 5.56 Å². The van der Waals surface area contributed by atoms with Crippen LogP contribution in [0.3, 0.4) is 0 Å². The van der Waals surface area contributed by atoms with Crippen LogP contribution in [0.1, 0.15) is 0 Å². The molecule has 0 bridgehead atoms. The third kappa shape index (κ3) is 2.27. The van der Waals surface area contributed by atoms with Gasteiger partial charge in [-0.15, -0.1) is 0 Å². The van der Waals surface area contributed by atoms with Crippen molar-refractivity contribution in [2.24, 2.45) is 0 Å². The largest absolute Gasteiger partial charge is 0.506 e. The number of aromatic amines is 2. The Labute approximate surface area is 146 Å². The number of H-pyrrole nitrogens is 2. The van der Waals surface area contributed by atoms with Crippen molar-refractivity contribution in [3.05, 3.63) is 55.7 Å². The maximum atomic E-state index is 12.5. The third-order valence-electron chi connectivity index (χ3n) is 3.64. The highest BCUT2D eigenvalue weighted by molar-refractivity contribution is 9.11. The number of imidazole rings is 1. The lowest BCUT2D eigenvalue weighted by Crippen LogP contribution is -2.10. The molecule has 2 aromatic heterocycles. The van der Waals surface area contributed by atoms with Crippen LogP contribution in [0.15, 0.2) is 50.1 Å². The maximum Gasteiger partial charge on any atom is 0.263 e. The van der Waals surface area contributed by atoms with Crippen LogP contribution in [0.4, 0.5) is 0 Å². The SMILES string of the molecule is O=c1[nH]c2c(Br)cc(Br)cc2c(O)c1-c1nc2ccccc2[nH]1. The van der Waals surface area contributed by atoms with Crippen molar-refractivity contribution in [3.8, 4) is 17.1 Å². The molecule has 0 radical (unpaired) electrons. The van der Waals surface area contributed by atoms with E-state index in [9.17, 15) is 9.90 Å². The predicted octanol–water partition coefficient (Wildman–Crippen LogP) is 4.30. The van der Waals surface area contributed by atoms with Gasteiger partial charge in [0, 0.05) is 14.3 Å². The summed E-state index contributed by atoms with van der Waals surface area (Å²) in [5.41, 5.74) is 1.79. The highest BCUT2D eigenvalue weighted by atomic mass is 79.9. The van der Waals surface area contributed by atoms with Crippen molar-refractivity contribution < 1.29 is 5.11 Å². The molecule has 0 aliphatic carbocycles. The summed E-state index contributed by atoms with van der Waals surface area (Å²) in [6.07, 6.45) is 0. The van der Waals surface area contributed by atoms with Gasteiger partial charge >= 0.3 is 0 Å². The molecule has 0 aliphatic rings. The molecule has 5 nitrogen and oxygen atoms in total. The second-order valence-corrected chi connectivity index (χ2v) is 6.86. The molecular weight excluding hydrogens is 426 g/mol. The number of para-hydroxylation sites is 2. The quantitative estimate of drug-likeness (QED) is 0.417. The molecule has 2 aromatic carbocycles. The van der Waals surface area contributed by atoms with E-state index in [1.54, 1.807) is 12.1 Å². The summed E-state index contributed by atoms with van der Waals surface area (Å²) >= 11 is 6.78. The fraction of sp³-hybridized carbons (Fsp3) is 0. The summed E-state index contributed by atoms with van der Waals surface area (Å²) in [6, 6.07) is 11.0. The fourth-order valence-corrected chi connectivity index (χ4v) is 3.92. The van der Waals surface area contributed by atoms with Gasteiger partial charge < -0.3 is 15.1 Å². The summed E-state index contributed by atoms with van der Waals surface area (Å²) < 4.78 is 1.47.